The average molecular weight is 286 g/mol. The molecule has 1 aromatic rings. The highest BCUT2D eigenvalue weighted by atomic mass is 32.1. The Kier molecular flexibility index (Phi) is 4.82. The first-order valence-corrected chi connectivity index (χ1v) is 6.68. The number of aryl methyl sites for hydroxylation is 1. The molecule has 1 heterocycles. The first-order chi connectivity index (χ1) is 8.74. The molecule has 8 heteroatoms. The molecule has 0 fully saturated rings. The molecule has 0 aliphatic carbocycles. The first-order valence-electron chi connectivity index (χ1n) is 5.86. The minimum atomic E-state index is -1.07. The van der Waals surface area contributed by atoms with E-state index in [0.29, 0.717) is 5.13 Å². The number of carboxylic acids is 1. The number of carboxylic acid groups (broad SMARTS) is 1. The Balaban J connectivity index is 2.65. The molecule has 0 bridgehead atoms. The zero-order chi connectivity index (χ0) is 14.6. The van der Waals surface area contributed by atoms with Crippen molar-refractivity contribution in [3.05, 3.63) is 5.01 Å². The molecular formula is C11H18N4O3S. The van der Waals surface area contributed by atoms with Gasteiger partial charge in [-0.3, -0.25) is 5.32 Å². The highest BCUT2D eigenvalue weighted by Gasteiger charge is 2.32. The lowest BCUT2D eigenvalue weighted by Gasteiger charge is -2.27. The van der Waals surface area contributed by atoms with Crippen LogP contribution in [0.3, 0.4) is 0 Å². The second kappa shape index (κ2) is 5.96. The van der Waals surface area contributed by atoms with Crippen molar-refractivity contribution in [1.29, 1.82) is 0 Å². The summed E-state index contributed by atoms with van der Waals surface area (Å²) in [4.78, 5) is 22.8. The lowest BCUT2D eigenvalue weighted by Crippen LogP contribution is -2.50. The van der Waals surface area contributed by atoms with Crippen molar-refractivity contribution in [2.45, 2.75) is 40.2 Å². The van der Waals surface area contributed by atoms with Crippen molar-refractivity contribution in [2.75, 3.05) is 5.32 Å². The standard InChI is InChI=1S/C11H18N4O3S/c1-5-6-14-15-10(19-6)13-9(18)12-7(8(16)17)11(2,3)4/h7H,5H2,1-4H3,(H,16,17)(H2,12,13,15,18). The summed E-state index contributed by atoms with van der Waals surface area (Å²) in [6, 6.07) is -1.58. The molecule has 1 aromatic heterocycles. The van der Waals surface area contributed by atoms with E-state index < -0.39 is 23.5 Å². The summed E-state index contributed by atoms with van der Waals surface area (Å²) in [5.41, 5.74) is -0.584. The van der Waals surface area contributed by atoms with Crippen LogP contribution in [-0.2, 0) is 11.2 Å². The smallest absolute Gasteiger partial charge is 0.326 e. The van der Waals surface area contributed by atoms with Crippen molar-refractivity contribution in [2.24, 2.45) is 5.41 Å². The Labute approximate surface area is 115 Å². The predicted octanol–water partition coefficient (Wildman–Crippen LogP) is 1.72. The van der Waals surface area contributed by atoms with Crippen LogP contribution in [0.25, 0.3) is 0 Å². The minimum absolute atomic E-state index is 0.354. The summed E-state index contributed by atoms with van der Waals surface area (Å²) in [6.07, 6.45) is 0.737. The Morgan fingerprint density at radius 2 is 2.00 bits per heavy atom. The molecule has 0 radical (unpaired) electrons. The van der Waals surface area contributed by atoms with Crippen LogP contribution in [-0.4, -0.2) is 33.3 Å². The molecule has 0 spiro atoms. The molecule has 1 atom stereocenters. The molecular weight excluding hydrogens is 268 g/mol. The third kappa shape index (κ3) is 4.47. The molecule has 0 aliphatic heterocycles. The van der Waals surface area contributed by atoms with Crippen LogP contribution in [0.1, 0.15) is 32.7 Å². The average Bonchev–Trinajstić information content (AvgIpc) is 2.71. The first kappa shape index (κ1) is 15.4. The van der Waals surface area contributed by atoms with Gasteiger partial charge in [0.25, 0.3) is 0 Å². The molecule has 1 unspecified atom stereocenters. The topological polar surface area (TPSA) is 104 Å². The number of rotatable bonds is 4. The number of nitrogens with zero attached hydrogens (tertiary/aromatic N) is 2. The van der Waals surface area contributed by atoms with E-state index in [9.17, 15) is 9.59 Å². The fourth-order valence-corrected chi connectivity index (χ4v) is 2.03. The third-order valence-corrected chi connectivity index (χ3v) is 3.36. The Bertz CT molecular complexity index is 467. The molecule has 0 saturated carbocycles. The van der Waals surface area contributed by atoms with Gasteiger partial charge in [0.05, 0.1) is 0 Å². The van der Waals surface area contributed by atoms with Crippen molar-refractivity contribution in [3.8, 4) is 0 Å². The largest absolute Gasteiger partial charge is 0.480 e. The molecule has 0 aromatic carbocycles. The number of amides is 2. The van der Waals surface area contributed by atoms with Gasteiger partial charge in [0.15, 0.2) is 0 Å². The number of aromatic nitrogens is 2. The van der Waals surface area contributed by atoms with Gasteiger partial charge in [0.2, 0.25) is 5.13 Å². The SMILES string of the molecule is CCc1nnc(NC(=O)NC(C(=O)O)C(C)(C)C)s1. The van der Waals surface area contributed by atoms with E-state index in [-0.39, 0.29) is 0 Å². The summed E-state index contributed by atoms with van der Waals surface area (Å²) in [6.45, 7) is 7.16. The highest BCUT2D eigenvalue weighted by Crippen LogP contribution is 2.20. The van der Waals surface area contributed by atoms with E-state index in [2.05, 4.69) is 20.8 Å². The normalized spacial score (nSPS) is 12.8. The van der Waals surface area contributed by atoms with Gasteiger partial charge < -0.3 is 10.4 Å². The third-order valence-electron chi connectivity index (χ3n) is 2.38. The Hall–Kier alpha value is -1.70. The van der Waals surface area contributed by atoms with Gasteiger partial charge in [0.1, 0.15) is 11.0 Å². The van der Waals surface area contributed by atoms with Crippen molar-refractivity contribution in [3.63, 3.8) is 0 Å². The number of hydrogen-bond acceptors (Lipinski definition) is 5. The van der Waals surface area contributed by atoms with Gasteiger partial charge in [-0.1, -0.05) is 39.0 Å². The van der Waals surface area contributed by atoms with Crippen LogP contribution < -0.4 is 10.6 Å². The van der Waals surface area contributed by atoms with Gasteiger partial charge in [-0.05, 0) is 11.8 Å². The number of hydrogen-bond donors (Lipinski definition) is 3. The molecule has 3 N–H and O–H groups in total. The second-order valence-corrected chi connectivity index (χ2v) is 6.15. The molecule has 7 nitrogen and oxygen atoms in total. The predicted molar refractivity (Wildman–Crippen MR) is 72.3 cm³/mol. The van der Waals surface area contributed by atoms with Crippen LogP contribution in [0, 0.1) is 5.41 Å². The van der Waals surface area contributed by atoms with E-state index in [1.54, 1.807) is 20.8 Å². The second-order valence-electron chi connectivity index (χ2n) is 5.09. The van der Waals surface area contributed by atoms with Crippen molar-refractivity contribution < 1.29 is 14.7 Å². The fourth-order valence-electron chi connectivity index (χ4n) is 1.36. The Morgan fingerprint density at radius 3 is 2.42 bits per heavy atom. The number of aliphatic carboxylic acids is 1. The summed E-state index contributed by atoms with van der Waals surface area (Å²) in [5.74, 6) is -1.07. The number of carbonyl (C=O) groups excluding carboxylic acids is 1. The van der Waals surface area contributed by atoms with Crippen LogP contribution in [0.4, 0.5) is 9.93 Å². The zero-order valence-electron chi connectivity index (χ0n) is 11.4. The molecule has 106 valence electrons. The van der Waals surface area contributed by atoms with Gasteiger partial charge in [-0.2, -0.15) is 0 Å². The molecule has 0 saturated heterocycles. The van der Waals surface area contributed by atoms with Crippen molar-refractivity contribution in [1.82, 2.24) is 15.5 Å². The van der Waals surface area contributed by atoms with Gasteiger partial charge in [-0.25, -0.2) is 9.59 Å². The fraction of sp³-hybridized carbons (Fsp3) is 0.636. The Morgan fingerprint density at radius 1 is 1.37 bits per heavy atom. The van der Waals surface area contributed by atoms with Gasteiger partial charge >= 0.3 is 12.0 Å². The monoisotopic (exact) mass is 286 g/mol. The molecule has 19 heavy (non-hydrogen) atoms. The maximum absolute atomic E-state index is 11.7. The van der Waals surface area contributed by atoms with E-state index in [1.165, 1.54) is 11.3 Å². The molecule has 0 aliphatic rings. The maximum atomic E-state index is 11.7. The minimum Gasteiger partial charge on any atom is -0.480 e. The van der Waals surface area contributed by atoms with Crippen molar-refractivity contribution >= 4 is 28.5 Å². The highest BCUT2D eigenvalue weighted by molar-refractivity contribution is 7.15. The van der Waals surface area contributed by atoms with Crippen LogP contribution in [0.2, 0.25) is 0 Å². The number of anilines is 1. The summed E-state index contributed by atoms with van der Waals surface area (Å²) in [5, 5.41) is 22.8. The summed E-state index contributed by atoms with van der Waals surface area (Å²) in [7, 11) is 0. The van der Waals surface area contributed by atoms with Crippen LogP contribution in [0.15, 0.2) is 0 Å². The number of nitrogens with one attached hydrogen (secondary N) is 2. The quantitative estimate of drug-likeness (QED) is 0.781. The lowest BCUT2D eigenvalue weighted by atomic mass is 9.87. The van der Waals surface area contributed by atoms with E-state index in [1.807, 2.05) is 6.92 Å². The van der Waals surface area contributed by atoms with Gasteiger partial charge in [-0.15, -0.1) is 10.2 Å². The zero-order valence-corrected chi connectivity index (χ0v) is 12.2. The molecule has 1 rings (SSSR count). The summed E-state index contributed by atoms with van der Waals surface area (Å²) < 4.78 is 0. The molecule has 2 amide bonds. The van der Waals surface area contributed by atoms with E-state index >= 15 is 0 Å². The van der Waals surface area contributed by atoms with E-state index in [4.69, 9.17) is 5.11 Å². The lowest BCUT2D eigenvalue weighted by molar-refractivity contribution is -0.141. The maximum Gasteiger partial charge on any atom is 0.326 e. The van der Waals surface area contributed by atoms with Crippen LogP contribution in [0.5, 0.6) is 0 Å². The van der Waals surface area contributed by atoms with Gasteiger partial charge in [0, 0.05) is 0 Å². The number of carbonyl (C=O) groups is 2. The van der Waals surface area contributed by atoms with Crippen LogP contribution >= 0.6 is 11.3 Å². The summed E-state index contributed by atoms with van der Waals surface area (Å²) >= 11 is 1.26. The van der Waals surface area contributed by atoms with E-state index in [0.717, 1.165) is 11.4 Å². The number of urea groups is 1.